The summed E-state index contributed by atoms with van der Waals surface area (Å²) in [6, 6.07) is 5.59. The number of nitrogens with one attached hydrogen (secondary N) is 1. The molecule has 1 amide bonds. The summed E-state index contributed by atoms with van der Waals surface area (Å²) in [5.41, 5.74) is 0.636. The van der Waals surface area contributed by atoms with Crippen molar-refractivity contribution in [3.63, 3.8) is 0 Å². The summed E-state index contributed by atoms with van der Waals surface area (Å²) in [6.07, 6.45) is 3.00. The maximum Gasteiger partial charge on any atom is 0.328 e. The van der Waals surface area contributed by atoms with Gasteiger partial charge in [0.05, 0.1) is 20.4 Å². The predicted octanol–water partition coefficient (Wildman–Crippen LogP) is -0.0627. The Labute approximate surface area is 166 Å². The standard InChI is InChI=1S/C18H21N5O6/c1-28-16(25)11-23-10-15(21-22-23)17(26)20-14(18(27)29-2)6-7-19-9-12-4-3-5-13(24)8-12/h3-5,8-10,14,24H,6-7,11H2,1-2H3,(H,20,26)/b19-9+/t14-/m0/s1. The number of methoxy groups -OCH3 is 2. The van der Waals surface area contributed by atoms with Crippen LogP contribution in [0.2, 0.25) is 0 Å². The topological polar surface area (TPSA) is 145 Å². The molecule has 1 aromatic carbocycles. The summed E-state index contributed by atoms with van der Waals surface area (Å²) in [4.78, 5) is 39.7. The summed E-state index contributed by atoms with van der Waals surface area (Å²) in [6.45, 7) is 0.0334. The zero-order chi connectivity index (χ0) is 21.2. The Morgan fingerprint density at radius 1 is 1.31 bits per heavy atom. The second-order valence-corrected chi connectivity index (χ2v) is 5.85. The molecule has 11 nitrogen and oxygen atoms in total. The molecule has 0 aliphatic rings. The second kappa shape index (κ2) is 10.5. The van der Waals surface area contributed by atoms with Crippen molar-refractivity contribution in [1.29, 1.82) is 0 Å². The normalized spacial score (nSPS) is 11.8. The molecule has 2 aromatic rings. The Morgan fingerprint density at radius 3 is 2.79 bits per heavy atom. The fraction of sp³-hybridized carbons (Fsp3) is 0.333. The van der Waals surface area contributed by atoms with E-state index in [9.17, 15) is 19.5 Å². The molecule has 11 heteroatoms. The number of ether oxygens (including phenoxy) is 2. The highest BCUT2D eigenvalue weighted by molar-refractivity contribution is 5.95. The molecule has 0 unspecified atom stereocenters. The molecule has 0 spiro atoms. The molecule has 0 saturated carbocycles. The van der Waals surface area contributed by atoms with E-state index < -0.39 is 23.9 Å². The van der Waals surface area contributed by atoms with Gasteiger partial charge in [-0.1, -0.05) is 17.3 Å². The van der Waals surface area contributed by atoms with E-state index >= 15 is 0 Å². The van der Waals surface area contributed by atoms with Gasteiger partial charge in [0, 0.05) is 12.8 Å². The molecule has 1 heterocycles. The quantitative estimate of drug-likeness (QED) is 0.437. The summed E-state index contributed by atoms with van der Waals surface area (Å²) >= 11 is 0. The van der Waals surface area contributed by atoms with Gasteiger partial charge in [-0.2, -0.15) is 0 Å². The van der Waals surface area contributed by atoms with Crippen molar-refractivity contribution in [3.8, 4) is 5.75 Å². The van der Waals surface area contributed by atoms with E-state index in [-0.39, 0.29) is 31.0 Å². The van der Waals surface area contributed by atoms with E-state index in [1.807, 2.05) is 0 Å². The number of nitrogens with zero attached hydrogens (tertiary/aromatic N) is 4. The fourth-order valence-corrected chi connectivity index (χ4v) is 2.28. The van der Waals surface area contributed by atoms with E-state index in [4.69, 9.17) is 4.74 Å². The lowest BCUT2D eigenvalue weighted by Gasteiger charge is -2.14. The van der Waals surface area contributed by atoms with Crippen molar-refractivity contribution in [1.82, 2.24) is 20.3 Å². The minimum absolute atomic E-state index is 0.0638. The number of rotatable bonds is 9. The van der Waals surface area contributed by atoms with E-state index in [0.717, 1.165) is 4.68 Å². The molecular weight excluding hydrogens is 382 g/mol. The molecule has 1 aromatic heterocycles. The van der Waals surface area contributed by atoms with Crippen molar-refractivity contribution in [2.75, 3.05) is 20.8 Å². The lowest BCUT2D eigenvalue weighted by Crippen LogP contribution is -2.42. The number of hydrogen-bond donors (Lipinski definition) is 2. The van der Waals surface area contributed by atoms with Crippen LogP contribution in [0.5, 0.6) is 5.75 Å². The number of aromatic nitrogens is 3. The fourth-order valence-electron chi connectivity index (χ4n) is 2.28. The summed E-state index contributed by atoms with van der Waals surface area (Å²) < 4.78 is 10.4. The number of benzene rings is 1. The Hall–Kier alpha value is -3.76. The first kappa shape index (κ1) is 21.5. The van der Waals surface area contributed by atoms with Gasteiger partial charge in [0.1, 0.15) is 18.3 Å². The van der Waals surface area contributed by atoms with Gasteiger partial charge in [0.25, 0.3) is 5.91 Å². The predicted molar refractivity (Wildman–Crippen MR) is 100 cm³/mol. The molecule has 1 atom stereocenters. The molecule has 0 radical (unpaired) electrons. The number of phenols is 1. The van der Waals surface area contributed by atoms with Crippen molar-refractivity contribution in [3.05, 3.63) is 41.7 Å². The molecule has 29 heavy (non-hydrogen) atoms. The Morgan fingerprint density at radius 2 is 2.10 bits per heavy atom. The van der Waals surface area contributed by atoms with Crippen LogP contribution in [-0.2, 0) is 25.6 Å². The van der Waals surface area contributed by atoms with Gasteiger partial charge in [0.2, 0.25) is 0 Å². The van der Waals surface area contributed by atoms with Gasteiger partial charge in [-0.15, -0.1) is 5.10 Å². The lowest BCUT2D eigenvalue weighted by atomic mass is 10.2. The Kier molecular flexibility index (Phi) is 7.83. The number of carbonyl (C=O) groups is 3. The summed E-state index contributed by atoms with van der Waals surface area (Å²) in [5.74, 6) is -1.70. The number of esters is 2. The lowest BCUT2D eigenvalue weighted by molar-refractivity contribution is -0.143. The van der Waals surface area contributed by atoms with Crippen LogP contribution in [0.1, 0.15) is 22.5 Å². The number of aromatic hydroxyl groups is 1. The van der Waals surface area contributed by atoms with Crippen LogP contribution >= 0.6 is 0 Å². The molecule has 0 bridgehead atoms. The number of aliphatic imine (C=N–C) groups is 1. The zero-order valence-electron chi connectivity index (χ0n) is 15.9. The second-order valence-electron chi connectivity index (χ2n) is 5.85. The molecular formula is C18H21N5O6. The van der Waals surface area contributed by atoms with E-state index in [1.54, 1.807) is 30.5 Å². The third-order valence-corrected chi connectivity index (χ3v) is 3.74. The first-order chi connectivity index (χ1) is 13.9. The molecule has 0 aliphatic carbocycles. The maximum absolute atomic E-state index is 12.3. The smallest absolute Gasteiger partial charge is 0.328 e. The highest BCUT2D eigenvalue weighted by atomic mass is 16.5. The molecule has 2 N–H and O–H groups in total. The first-order valence-electron chi connectivity index (χ1n) is 8.57. The van der Waals surface area contributed by atoms with Gasteiger partial charge in [-0.05, 0) is 24.1 Å². The van der Waals surface area contributed by atoms with E-state index in [1.165, 1.54) is 20.4 Å². The average molecular weight is 403 g/mol. The molecule has 2 rings (SSSR count). The van der Waals surface area contributed by atoms with Crippen LogP contribution in [0.3, 0.4) is 0 Å². The number of phenolic OH excluding ortho intramolecular Hbond substituents is 1. The number of amides is 1. The Bertz CT molecular complexity index is 894. The molecule has 0 aliphatic heterocycles. The van der Waals surface area contributed by atoms with Gasteiger partial charge < -0.3 is 19.9 Å². The molecule has 0 saturated heterocycles. The average Bonchev–Trinajstić information content (AvgIpc) is 3.18. The van der Waals surface area contributed by atoms with Crippen LogP contribution in [0, 0.1) is 0 Å². The monoisotopic (exact) mass is 403 g/mol. The minimum atomic E-state index is -0.945. The van der Waals surface area contributed by atoms with Gasteiger partial charge in [-0.25, -0.2) is 9.48 Å². The van der Waals surface area contributed by atoms with E-state index in [2.05, 4.69) is 25.4 Å². The minimum Gasteiger partial charge on any atom is -0.508 e. The van der Waals surface area contributed by atoms with Crippen LogP contribution in [-0.4, -0.2) is 71.0 Å². The van der Waals surface area contributed by atoms with Crippen LogP contribution < -0.4 is 5.32 Å². The number of hydrogen-bond acceptors (Lipinski definition) is 9. The summed E-state index contributed by atoms with van der Waals surface area (Å²) in [7, 11) is 2.45. The van der Waals surface area contributed by atoms with Crippen molar-refractivity contribution >= 4 is 24.1 Å². The highest BCUT2D eigenvalue weighted by Gasteiger charge is 2.23. The van der Waals surface area contributed by atoms with Crippen molar-refractivity contribution < 1.29 is 29.0 Å². The van der Waals surface area contributed by atoms with Crippen molar-refractivity contribution in [2.45, 2.75) is 19.0 Å². The number of carbonyl (C=O) groups excluding carboxylic acids is 3. The highest BCUT2D eigenvalue weighted by Crippen LogP contribution is 2.09. The molecule has 154 valence electrons. The first-order valence-corrected chi connectivity index (χ1v) is 8.57. The van der Waals surface area contributed by atoms with Gasteiger partial charge in [-0.3, -0.25) is 14.6 Å². The zero-order valence-corrected chi connectivity index (χ0v) is 15.9. The van der Waals surface area contributed by atoms with Gasteiger partial charge >= 0.3 is 11.9 Å². The van der Waals surface area contributed by atoms with E-state index in [0.29, 0.717) is 5.56 Å². The largest absolute Gasteiger partial charge is 0.508 e. The van der Waals surface area contributed by atoms with Crippen LogP contribution in [0.4, 0.5) is 0 Å². The maximum atomic E-state index is 12.3. The third-order valence-electron chi connectivity index (χ3n) is 3.74. The van der Waals surface area contributed by atoms with Crippen LogP contribution in [0.15, 0.2) is 35.5 Å². The Balaban J connectivity index is 1.95. The van der Waals surface area contributed by atoms with Gasteiger partial charge in [0.15, 0.2) is 5.69 Å². The third kappa shape index (κ3) is 6.72. The molecule has 0 fully saturated rings. The summed E-state index contributed by atoms with van der Waals surface area (Å²) in [5, 5.41) is 19.3. The SMILES string of the molecule is COC(=O)Cn1cc(C(=O)N[C@@H](CC/N=C/c2cccc(O)c2)C(=O)OC)nn1. The van der Waals surface area contributed by atoms with Crippen molar-refractivity contribution in [2.24, 2.45) is 4.99 Å². The van der Waals surface area contributed by atoms with Crippen LogP contribution in [0.25, 0.3) is 0 Å².